The summed E-state index contributed by atoms with van der Waals surface area (Å²) in [7, 11) is 0. The summed E-state index contributed by atoms with van der Waals surface area (Å²) in [4.78, 5) is 26.5. The number of hydrogen-bond acceptors (Lipinski definition) is 5. The Kier molecular flexibility index (Phi) is 7.52. The Labute approximate surface area is 210 Å². The van der Waals surface area contributed by atoms with Crippen LogP contribution in [0.3, 0.4) is 0 Å². The lowest BCUT2D eigenvalue weighted by atomic mass is 10.1. The lowest BCUT2D eigenvalue weighted by Crippen LogP contribution is -2.39. The van der Waals surface area contributed by atoms with Crippen molar-refractivity contribution in [1.29, 1.82) is 0 Å². The quantitative estimate of drug-likeness (QED) is 0.382. The minimum absolute atomic E-state index is 0.230. The van der Waals surface area contributed by atoms with Crippen LogP contribution in [0.4, 0.5) is 0 Å². The van der Waals surface area contributed by atoms with Gasteiger partial charge in [-0.15, -0.1) is 0 Å². The van der Waals surface area contributed by atoms with Gasteiger partial charge in [0.15, 0.2) is 5.52 Å². The normalized spacial score (nSPS) is 12.0. The van der Waals surface area contributed by atoms with Gasteiger partial charge in [0.2, 0.25) is 5.91 Å². The average molecular weight is 488 g/mol. The fraction of sp³-hybridized carbons (Fsp3) is 0.357. The summed E-state index contributed by atoms with van der Waals surface area (Å²) in [5.41, 5.74) is 4.58. The molecule has 4 aromatic rings. The van der Waals surface area contributed by atoms with Crippen LogP contribution in [0, 0.1) is 20.8 Å². The molecule has 1 atom stereocenters. The number of carbonyl (C=O) groups excluding carboxylic acids is 1. The zero-order valence-electron chi connectivity index (χ0n) is 21.5. The van der Waals surface area contributed by atoms with Gasteiger partial charge in [0.1, 0.15) is 11.8 Å². The van der Waals surface area contributed by atoms with Crippen molar-refractivity contribution in [3.8, 4) is 11.4 Å². The van der Waals surface area contributed by atoms with Gasteiger partial charge in [0, 0.05) is 6.54 Å². The van der Waals surface area contributed by atoms with Crippen molar-refractivity contribution in [3.05, 3.63) is 81.4 Å². The van der Waals surface area contributed by atoms with Gasteiger partial charge in [-0.3, -0.25) is 9.59 Å². The van der Waals surface area contributed by atoms with Crippen LogP contribution in [0.15, 0.2) is 53.3 Å². The lowest BCUT2D eigenvalue weighted by Gasteiger charge is -2.17. The van der Waals surface area contributed by atoms with Crippen LogP contribution in [-0.2, 0) is 11.2 Å². The summed E-state index contributed by atoms with van der Waals surface area (Å²) < 4.78 is 8.53. The van der Waals surface area contributed by atoms with Crippen molar-refractivity contribution in [1.82, 2.24) is 24.9 Å². The van der Waals surface area contributed by atoms with Crippen LogP contribution < -0.4 is 15.6 Å². The summed E-state index contributed by atoms with van der Waals surface area (Å²) in [5, 5.41) is 12.9. The fourth-order valence-electron chi connectivity index (χ4n) is 4.44. The standard InChI is InChI=1S/C28H33N5O3/c1-6-24(27(34)29-17-16-21-10-14-23(15-11-21)36-7-2)33-28(35)26-25(19(4)30-33)20(5)32(31-26)22-12-8-18(3)9-13-22/h8-15,24H,6-7,16-17H2,1-5H3,(H,29,34). The molecule has 0 aliphatic rings. The maximum Gasteiger partial charge on any atom is 0.295 e. The number of amides is 1. The van der Waals surface area contributed by atoms with Gasteiger partial charge in [0.25, 0.3) is 5.56 Å². The number of nitrogens with zero attached hydrogens (tertiary/aromatic N) is 4. The van der Waals surface area contributed by atoms with E-state index in [4.69, 9.17) is 4.74 Å². The summed E-state index contributed by atoms with van der Waals surface area (Å²) >= 11 is 0. The van der Waals surface area contributed by atoms with Crippen molar-refractivity contribution in [2.24, 2.45) is 0 Å². The second-order valence-corrected chi connectivity index (χ2v) is 8.93. The van der Waals surface area contributed by atoms with E-state index in [2.05, 4.69) is 15.5 Å². The smallest absolute Gasteiger partial charge is 0.295 e. The van der Waals surface area contributed by atoms with Gasteiger partial charge < -0.3 is 10.1 Å². The van der Waals surface area contributed by atoms with E-state index in [1.54, 1.807) is 4.68 Å². The first-order chi connectivity index (χ1) is 17.3. The van der Waals surface area contributed by atoms with Crippen molar-refractivity contribution in [2.45, 2.75) is 53.5 Å². The van der Waals surface area contributed by atoms with E-state index in [0.29, 0.717) is 37.2 Å². The van der Waals surface area contributed by atoms with Crippen LogP contribution >= 0.6 is 0 Å². The molecule has 4 rings (SSSR count). The molecule has 8 nitrogen and oxygen atoms in total. The number of nitrogens with one attached hydrogen (secondary N) is 1. The molecule has 2 aromatic heterocycles. The highest BCUT2D eigenvalue weighted by molar-refractivity contribution is 5.84. The number of hydrogen-bond donors (Lipinski definition) is 1. The monoisotopic (exact) mass is 487 g/mol. The van der Waals surface area contributed by atoms with E-state index in [0.717, 1.165) is 33.6 Å². The molecule has 0 spiro atoms. The zero-order chi connectivity index (χ0) is 25.8. The molecule has 2 aromatic carbocycles. The molecule has 2 heterocycles. The number of carbonyl (C=O) groups is 1. The average Bonchev–Trinajstić information content (AvgIpc) is 3.22. The topological polar surface area (TPSA) is 91.0 Å². The Morgan fingerprint density at radius 1 is 1.00 bits per heavy atom. The van der Waals surface area contributed by atoms with E-state index in [1.165, 1.54) is 4.68 Å². The van der Waals surface area contributed by atoms with Gasteiger partial charge in [-0.1, -0.05) is 36.8 Å². The first-order valence-corrected chi connectivity index (χ1v) is 12.4. The molecule has 0 bridgehead atoms. The van der Waals surface area contributed by atoms with Crippen molar-refractivity contribution >= 4 is 16.8 Å². The Morgan fingerprint density at radius 2 is 1.69 bits per heavy atom. The van der Waals surface area contributed by atoms with Gasteiger partial charge >= 0.3 is 0 Å². The maximum absolute atomic E-state index is 13.4. The van der Waals surface area contributed by atoms with Crippen LogP contribution in [-0.4, -0.2) is 38.6 Å². The van der Waals surface area contributed by atoms with Crippen LogP contribution in [0.25, 0.3) is 16.6 Å². The first-order valence-electron chi connectivity index (χ1n) is 12.4. The Hall–Kier alpha value is -3.94. The molecule has 1 N–H and O–H groups in total. The molecule has 1 unspecified atom stereocenters. The molecule has 0 saturated heterocycles. The SMILES string of the molecule is CCOc1ccc(CCNC(=O)C(CC)n2nc(C)c3c(C)n(-c4ccc(C)cc4)nc3c2=O)cc1. The molecule has 8 heteroatoms. The minimum atomic E-state index is -0.717. The molecular weight excluding hydrogens is 454 g/mol. The predicted octanol–water partition coefficient (Wildman–Crippen LogP) is 4.22. The maximum atomic E-state index is 13.4. The number of fused-ring (bicyclic) bond motifs is 1. The summed E-state index contributed by atoms with van der Waals surface area (Å²) in [6.45, 7) is 10.7. The highest BCUT2D eigenvalue weighted by Gasteiger charge is 2.25. The molecule has 0 fully saturated rings. The third kappa shape index (κ3) is 5.03. The molecule has 0 aliphatic heterocycles. The van der Waals surface area contributed by atoms with E-state index in [1.807, 2.05) is 83.1 Å². The van der Waals surface area contributed by atoms with Gasteiger partial charge in [-0.25, -0.2) is 9.36 Å². The van der Waals surface area contributed by atoms with E-state index in [9.17, 15) is 9.59 Å². The van der Waals surface area contributed by atoms with E-state index < -0.39 is 6.04 Å². The molecule has 1 amide bonds. The zero-order valence-corrected chi connectivity index (χ0v) is 21.5. The fourth-order valence-corrected chi connectivity index (χ4v) is 4.44. The number of aryl methyl sites for hydroxylation is 3. The number of aromatic nitrogens is 4. The first kappa shape index (κ1) is 25.2. The molecule has 0 aliphatic carbocycles. The molecule has 0 saturated carbocycles. The highest BCUT2D eigenvalue weighted by Crippen LogP contribution is 2.22. The van der Waals surface area contributed by atoms with E-state index >= 15 is 0 Å². The van der Waals surface area contributed by atoms with Crippen molar-refractivity contribution in [2.75, 3.05) is 13.2 Å². The summed E-state index contributed by atoms with van der Waals surface area (Å²) in [6.07, 6.45) is 1.11. The van der Waals surface area contributed by atoms with Gasteiger partial charge in [0.05, 0.1) is 29.1 Å². The number of ether oxygens (including phenoxy) is 1. The van der Waals surface area contributed by atoms with E-state index in [-0.39, 0.29) is 11.5 Å². The predicted molar refractivity (Wildman–Crippen MR) is 141 cm³/mol. The van der Waals surface area contributed by atoms with Crippen molar-refractivity contribution in [3.63, 3.8) is 0 Å². The van der Waals surface area contributed by atoms with Gasteiger partial charge in [-0.2, -0.15) is 10.2 Å². The molecule has 0 radical (unpaired) electrons. The molecule has 188 valence electrons. The number of rotatable bonds is 9. The third-order valence-corrected chi connectivity index (χ3v) is 6.36. The highest BCUT2D eigenvalue weighted by atomic mass is 16.5. The largest absolute Gasteiger partial charge is 0.494 e. The minimum Gasteiger partial charge on any atom is -0.494 e. The Morgan fingerprint density at radius 3 is 2.33 bits per heavy atom. The van der Waals surface area contributed by atoms with Crippen LogP contribution in [0.5, 0.6) is 5.75 Å². The van der Waals surface area contributed by atoms with Crippen LogP contribution in [0.2, 0.25) is 0 Å². The van der Waals surface area contributed by atoms with Crippen molar-refractivity contribution < 1.29 is 9.53 Å². The second-order valence-electron chi connectivity index (χ2n) is 8.93. The van der Waals surface area contributed by atoms with Gasteiger partial charge in [-0.05, 0) is 70.4 Å². The Bertz CT molecular complexity index is 1420. The number of benzene rings is 2. The van der Waals surface area contributed by atoms with Crippen LogP contribution in [0.1, 0.15) is 48.8 Å². The molecule has 36 heavy (non-hydrogen) atoms. The molecular formula is C28H33N5O3. The second kappa shape index (κ2) is 10.8. The Balaban J connectivity index is 1.56. The summed E-state index contributed by atoms with van der Waals surface area (Å²) in [5.74, 6) is 0.596. The summed E-state index contributed by atoms with van der Waals surface area (Å²) in [6, 6.07) is 15.1. The third-order valence-electron chi connectivity index (χ3n) is 6.36. The lowest BCUT2D eigenvalue weighted by molar-refractivity contribution is -0.124.